The molecule has 0 radical (unpaired) electrons. The molecule has 1 aliphatic rings. The molecule has 0 heterocycles. The molecule has 0 aromatic heterocycles. The van der Waals surface area contributed by atoms with Crippen LogP contribution in [0.2, 0.25) is 0 Å². The summed E-state index contributed by atoms with van der Waals surface area (Å²) in [5.41, 5.74) is 0. The summed E-state index contributed by atoms with van der Waals surface area (Å²) in [5.74, 6) is -0.637. The molecule has 0 spiro atoms. The van der Waals surface area contributed by atoms with Crippen molar-refractivity contribution in [3.05, 3.63) is 0 Å². The van der Waals surface area contributed by atoms with Gasteiger partial charge in [-0.15, -0.1) is 23.2 Å². The highest BCUT2D eigenvalue weighted by molar-refractivity contribution is 6.52. The average Bonchev–Trinajstić information content (AvgIpc) is 2.33. The van der Waals surface area contributed by atoms with Crippen molar-refractivity contribution in [3.8, 4) is 0 Å². The minimum atomic E-state index is -0.882. The number of halogens is 2. The molecule has 2 atom stereocenters. The first-order valence-electron chi connectivity index (χ1n) is 2.97. The van der Waals surface area contributed by atoms with Crippen LogP contribution in [0.3, 0.4) is 0 Å². The van der Waals surface area contributed by atoms with Crippen molar-refractivity contribution in [1.29, 1.82) is 0 Å². The number of rotatable bonds is 1. The van der Waals surface area contributed by atoms with E-state index in [9.17, 15) is 4.79 Å². The van der Waals surface area contributed by atoms with Crippen LogP contribution in [0.4, 0.5) is 0 Å². The molecule has 10 heavy (non-hydrogen) atoms. The third kappa shape index (κ3) is 0.995. The van der Waals surface area contributed by atoms with Crippen LogP contribution in [0.25, 0.3) is 0 Å². The van der Waals surface area contributed by atoms with Crippen LogP contribution in [0, 0.1) is 11.8 Å². The minimum Gasteiger partial charge on any atom is -0.469 e. The zero-order valence-corrected chi connectivity index (χ0v) is 7.24. The van der Waals surface area contributed by atoms with Crippen LogP contribution in [-0.2, 0) is 9.53 Å². The van der Waals surface area contributed by atoms with Gasteiger partial charge in [0.2, 0.25) is 0 Å². The Morgan fingerprint density at radius 2 is 2.00 bits per heavy atom. The maximum atomic E-state index is 10.8. The lowest BCUT2D eigenvalue weighted by atomic mass is 10.3. The number of ether oxygens (including phenoxy) is 1. The molecule has 0 amide bonds. The minimum absolute atomic E-state index is 0.0169. The van der Waals surface area contributed by atoms with E-state index >= 15 is 0 Å². The molecule has 1 fully saturated rings. The van der Waals surface area contributed by atoms with Gasteiger partial charge < -0.3 is 4.74 Å². The average molecular weight is 183 g/mol. The summed E-state index contributed by atoms with van der Waals surface area (Å²) in [6.45, 7) is 1.82. The summed E-state index contributed by atoms with van der Waals surface area (Å²) in [6.07, 6.45) is 0. The monoisotopic (exact) mass is 182 g/mol. The van der Waals surface area contributed by atoms with Gasteiger partial charge in [0, 0.05) is 5.92 Å². The predicted molar refractivity (Wildman–Crippen MR) is 39.1 cm³/mol. The maximum absolute atomic E-state index is 10.8. The summed E-state index contributed by atoms with van der Waals surface area (Å²) in [7, 11) is 1.33. The van der Waals surface area contributed by atoms with Gasteiger partial charge in [0.25, 0.3) is 0 Å². The second-order valence-corrected chi connectivity index (χ2v) is 3.91. The fourth-order valence-electron chi connectivity index (χ4n) is 0.968. The molecule has 0 saturated heterocycles. The third-order valence-electron chi connectivity index (χ3n) is 1.87. The summed E-state index contributed by atoms with van der Waals surface area (Å²) >= 11 is 11.4. The first-order chi connectivity index (χ1) is 4.51. The fraction of sp³-hybridized carbons (Fsp3) is 0.833. The van der Waals surface area contributed by atoms with Gasteiger partial charge in [-0.05, 0) is 0 Å². The van der Waals surface area contributed by atoms with Crippen LogP contribution in [0.5, 0.6) is 0 Å². The van der Waals surface area contributed by atoms with Gasteiger partial charge in [-0.1, -0.05) is 6.92 Å². The Morgan fingerprint density at radius 1 is 1.60 bits per heavy atom. The highest BCUT2D eigenvalue weighted by Gasteiger charge is 2.65. The Morgan fingerprint density at radius 3 is 2.10 bits per heavy atom. The lowest BCUT2D eigenvalue weighted by Crippen LogP contribution is -2.07. The molecule has 0 N–H and O–H groups in total. The summed E-state index contributed by atoms with van der Waals surface area (Å²) in [4.78, 5) is 10.8. The van der Waals surface area contributed by atoms with Gasteiger partial charge in [0.1, 0.15) is 4.33 Å². The fourth-order valence-corrected chi connectivity index (χ4v) is 1.65. The Balaban J connectivity index is 2.57. The normalized spacial score (nSPS) is 35.2. The quantitative estimate of drug-likeness (QED) is 0.455. The van der Waals surface area contributed by atoms with Gasteiger partial charge >= 0.3 is 5.97 Å². The number of carbonyl (C=O) groups excluding carboxylic acids is 1. The van der Waals surface area contributed by atoms with Crippen LogP contribution in [-0.4, -0.2) is 17.4 Å². The molecule has 58 valence electrons. The molecule has 4 heteroatoms. The van der Waals surface area contributed by atoms with Crippen LogP contribution < -0.4 is 0 Å². The van der Waals surface area contributed by atoms with Crippen molar-refractivity contribution in [2.45, 2.75) is 11.3 Å². The van der Waals surface area contributed by atoms with Gasteiger partial charge in [-0.2, -0.15) is 0 Å². The van der Waals surface area contributed by atoms with Crippen LogP contribution in [0.1, 0.15) is 6.92 Å². The molecule has 0 unspecified atom stereocenters. The van der Waals surface area contributed by atoms with Gasteiger partial charge in [-0.3, -0.25) is 4.79 Å². The molecule has 0 aromatic rings. The number of carbonyl (C=O) groups is 1. The first-order valence-corrected chi connectivity index (χ1v) is 3.73. The van der Waals surface area contributed by atoms with Gasteiger partial charge in [0.15, 0.2) is 0 Å². The van der Waals surface area contributed by atoms with Crippen molar-refractivity contribution in [3.63, 3.8) is 0 Å². The molecular weight excluding hydrogens is 175 g/mol. The van der Waals surface area contributed by atoms with Crippen molar-refractivity contribution < 1.29 is 9.53 Å². The Labute approximate surface area is 69.4 Å². The zero-order valence-electron chi connectivity index (χ0n) is 5.73. The number of methoxy groups -OCH3 is 1. The van der Waals surface area contributed by atoms with E-state index in [1.807, 2.05) is 6.92 Å². The van der Waals surface area contributed by atoms with E-state index in [4.69, 9.17) is 23.2 Å². The maximum Gasteiger partial charge on any atom is 0.312 e. The second-order valence-electron chi connectivity index (χ2n) is 2.46. The largest absolute Gasteiger partial charge is 0.469 e. The van der Waals surface area contributed by atoms with E-state index in [2.05, 4.69) is 4.74 Å². The molecule has 1 saturated carbocycles. The van der Waals surface area contributed by atoms with Crippen molar-refractivity contribution in [1.82, 2.24) is 0 Å². The van der Waals surface area contributed by atoms with E-state index in [1.54, 1.807) is 0 Å². The summed E-state index contributed by atoms with van der Waals surface area (Å²) < 4.78 is 3.59. The number of hydrogen-bond donors (Lipinski definition) is 0. The van der Waals surface area contributed by atoms with Crippen LogP contribution in [0.15, 0.2) is 0 Å². The first kappa shape index (κ1) is 8.15. The molecule has 0 aromatic carbocycles. The number of alkyl halides is 2. The smallest absolute Gasteiger partial charge is 0.312 e. The van der Waals surface area contributed by atoms with Gasteiger partial charge in [-0.25, -0.2) is 0 Å². The van der Waals surface area contributed by atoms with Crippen molar-refractivity contribution in [2.75, 3.05) is 7.11 Å². The highest BCUT2D eigenvalue weighted by atomic mass is 35.5. The zero-order chi connectivity index (χ0) is 7.94. The molecule has 0 aliphatic heterocycles. The lowest BCUT2D eigenvalue weighted by Gasteiger charge is -1.95. The molecule has 1 aliphatic carbocycles. The van der Waals surface area contributed by atoms with Crippen molar-refractivity contribution in [2.24, 2.45) is 11.8 Å². The SMILES string of the molecule is COC(=O)[C@H]1[C@H](C)C1(Cl)Cl. The van der Waals surface area contributed by atoms with E-state index in [-0.39, 0.29) is 17.8 Å². The molecule has 0 bridgehead atoms. The standard InChI is InChI=1S/C6H8Cl2O2/c1-3-4(5(9)10-2)6(3,7)8/h3-4H,1-2H3/t3-,4+/m0/s1. The number of hydrogen-bond acceptors (Lipinski definition) is 2. The molecule has 1 rings (SSSR count). The van der Waals surface area contributed by atoms with E-state index < -0.39 is 4.33 Å². The lowest BCUT2D eigenvalue weighted by molar-refractivity contribution is -0.142. The Kier molecular flexibility index (Phi) is 1.86. The third-order valence-corrected chi connectivity index (χ3v) is 3.03. The molecular formula is C6H8Cl2O2. The van der Waals surface area contributed by atoms with Crippen molar-refractivity contribution >= 4 is 29.2 Å². The molecule has 2 nitrogen and oxygen atoms in total. The summed E-state index contributed by atoms with van der Waals surface area (Å²) in [6, 6.07) is 0. The van der Waals surface area contributed by atoms with E-state index in [1.165, 1.54) is 7.11 Å². The second kappa shape index (κ2) is 2.28. The Bertz CT molecular complexity index is 167. The summed E-state index contributed by atoms with van der Waals surface area (Å²) in [5, 5.41) is 0. The van der Waals surface area contributed by atoms with Gasteiger partial charge in [0.05, 0.1) is 13.0 Å². The Hall–Kier alpha value is 0.0500. The van der Waals surface area contributed by atoms with E-state index in [0.717, 1.165) is 0 Å². The predicted octanol–water partition coefficient (Wildman–Crippen LogP) is 1.60. The van der Waals surface area contributed by atoms with E-state index in [0.29, 0.717) is 0 Å². The highest BCUT2D eigenvalue weighted by Crippen LogP contribution is 2.59. The number of esters is 1. The van der Waals surface area contributed by atoms with Crippen LogP contribution >= 0.6 is 23.2 Å². The topological polar surface area (TPSA) is 26.3 Å².